The molecule has 0 heterocycles. The van der Waals surface area contributed by atoms with Crippen LogP contribution in [0.2, 0.25) is 0 Å². The van der Waals surface area contributed by atoms with Crippen LogP contribution >= 0.6 is 0 Å². The third-order valence-electron chi connectivity index (χ3n) is 0.922. The van der Waals surface area contributed by atoms with Crippen LogP contribution in [-0.4, -0.2) is 18.0 Å². The Labute approximate surface area is 63.6 Å². The maximum Gasteiger partial charge on any atom is 1.00 e. The molecule has 8 heavy (non-hydrogen) atoms. The molecule has 0 spiro atoms. The predicted molar refractivity (Wildman–Crippen MR) is 30.1 cm³/mol. The molecular formula is C6H10LiN. The average molecular weight is 103 g/mol. The van der Waals surface area contributed by atoms with Crippen LogP contribution in [0.1, 0.15) is 13.8 Å². The maximum absolute atomic E-state index is 6.64. The summed E-state index contributed by atoms with van der Waals surface area (Å²) in [6.45, 7) is 5.79. The molecule has 0 fully saturated rings. The van der Waals surface area contributed by atoms with E-state index in [0.717, 1.165) is 13.1 Å². The summed E-state index contributed by atoms with van der Waals surface area (Å²) in [6, 6.07) is 2.28. The Morgan fingerprint density at radius 2 is 1.75 bits per heavy atom. The van der Waals surface area contributed by atoms with Crippen molar-refractivity contribution < 1.29 is 18.9 Å². The molecular weight excluding hydrogens is 93.0 g/mol. The molecule has 0 aromatic carbocycles. The molecule has 0 aliphatic carbocycles. The molecule has 0 saturated carbocycles. The summed E-state index contributed by atoms with van der Waals surface area (Å²) in [5, 5.41) is 0. The molecule has 40 valence electrons. The fourth-order valence-electron chi connectivity index (χ4n) is 0.382. The molecule has 0 rings (SSSR count). The van der Waals surface area contributed by atoms with Crippen molar-refractivity contribution in [3.63, 3.8) is 0 Å². The number of nitrogens with zero attached hydrogens (tertiary/aromatic N) is 1. The molecule has 0 saturated heterocycles. The SMILES string of the molecule is [C-]#CN(CC)CC.[Li+]. The van der Waals surface area contributed by atoms with Gasteiger partial charge in [-0.05, 0) is 13.8 Å². The minimum atomic E-state index is 0. The second-order valence-electron chi connectivity index (χ2n) is 1.28. The summed E-state index contributed by atoms with van der Waals surface area (Å²) in [6.07, 6.45) is 6.64. The summed E-state index contributed by atoms with van der Waals surface area (Å²) in [5.74, 6) is 0. The smallest absolute Gasteiger partial charge is 0.670 e. The van der Waals surface area contributed by atoms with Crippen molar-refractivity contribution in [3.05, 3.63) is 6.42 Å². The number of hydrogen-bond acceptors (Lipinski definition) is 1. The third kappa shape index (κ3) is 4.13. The fraction of sp³-hybridized carbons (Fsp3) is 0.667. The zero-order chi connectivity index (χ0) is 5.70. The van der Waals surface area contributed by atoms with Crippen LogP contribution < -0.4 is 18.9 Å². The Morgan fingerprint density at radius 1 is 1.38 bits per heavy atom. The Hall–Kier alpha value is -0.0426. The molecule has 0 aliphatic rings. The van der Waals surface area contributed by atoms with Gasteiger partial charge in [0, 0.05) is 13.1 Å². The van der Waals surface area contributed by atoms with Crippen LogP contribution in [0.15, 0.2) is 0 Å². The summed E-state index contributed by atoms with van der Waals surface area (Å²) in [4.78, 5) is 1.79. The largest absolute Gasteiger partial charge is 1.00 e. The summed E-state index contributed by atoms with van der Waals surface area (Å²) in [7, 11) is 0. The first kappa shape index (κ1) is 10.9. The van der Waals surface area contributed by atoms with E-state index in [1.807, 2.05) is 13.8 Å². The van der Waals surface area contributed by atoms with Gasteiger partial charge in [0.25, 0.3) is 0 Å². The van der Waals surface area contributed by atoms with Gasteiger partial charge in [-0.15, -0.1) is 0 Å². The van der Waals surface area contributed by atoms with Crippen LogP contribution in [0.25, 0.3) is 0 Å². The monoisotopic (exact) mass is 103 g/mol. The van der Waals surface area contributed by atoms with Gasteiger partial charge < -0.3 is 11.3 Å². The van der Waals surface area contributed by atoms with Crippen molar-refractivity contribution >= 4 is 0 Å². The van der Waals surface area contributed by atoms with Gasteiger partial charge in [0.2, 0.25) is 0 Å². The van der Waals surface area contributed by atoms with Crippen LogP contribution in [0.3, 0.4) is 0 Å². The molecule has 2 heteroatoms. The van der Waals surface area contributed by atoms with Gasteiger partial charge in [0.15, 0.2) is 0 Å². The summed E-state index contributed by atoms with van der Waals surface area (Å²) < 4.78 is 0. The van der Waals surface area contributed by atoms with Gasteiger partial charge >= 0.3 is 18.9 Å². The standard InChI is InChI=1S/C6H10N.Li/c1-4-7(5-2)6-3;/h4-5H2,1-2H3;/q-1;+1. The van der Waals surface area contributed by atoms with Crippen LogP contribution in [0.5, 0.6) is 0 Å². The summed E-state index contributed by atoms with van der Waals surface area (Å²) >= 11 is 0. The van der Waals surface area contributed by atoms with Crippen LogP contribution in [0.4, 0.5) is 0 Å². The van der Waals surface area contributed by atoms with Crippen molar-refractivity contribution in [2.75, 3.05) is 13.1 Å². The minimum Gasteiger partial charge on any atom is -0.670 e. The Balaban J connectivity index is 0. The first-order chi connectivity index (χ1) is 3.35. The number of rotatable bonds is 2. The van der Waals surface area contributed by atoms with E-state index in [4.69, 9.17) is 6.42 Å². The van der Waals surface area contributed by atoms with Crippen molar-refractivity contribution in [2.24, 2.45) is 0 Å². The molecule has 0 radical (unpaired) electrons. The predicted octanol–water partition coefficient (Wildman–Crippen LogP) is -2.12. The molecule has 0 aliphatic heterocycles. The molecule has 0 N–H and O–H groups in total. The molecule has 0 bridgehead atoms. The number of hydrogen-bond donors (Lipinski definition) is 0. The van der Waals surface area contributed by atoms with Gasteiger partial charge in [-0.3, -0.25) is 6.04 Å². The zero-order valence-electron chi connectivity index (χ0n) is 5.86. The molecule has 1 nitrogen and oxygen atoms in total. The van der Waals surface area contributed by atoms with E-state index in [0.29, 0.717) is 0 Å². The minimum absolute atomic E-state index is 0. The second kappa shape index (κ2) is 6.96. The topological polar surface area (TPSA) is 3.24 Å². The molecule has 0 amide bonds. The van der Waals surface area contributed by atoms with E-state index < -0.39 is 0 Å². The van der Waals surface area contributed by atoms with Crippen LogP contribution in [-0.2, 0) is 0 Å². The molecule has 0 aromatic heterocycles. The molecule has 0 unspecified atom stereocenters. The van der Waals surface area contributed by atoms with E-state index in [-0.39, 0.29) is 18.9 Å². The van der Waals surface area contributed by atoms with E-state index in [1.54, 1.807) is 4.90 Å². The summed E-state index contributed by atoms with van der Waals surface area (Å²) in [5.41, 5.74) is 0. The van der Waals surface area contributed by atoms with Gasteiger partial charge in [-0.1, -0.05) is 0 Å². The van der Waals surface area contributed by atoms with Crippen molar-refractivity contribution in [1.82, 2.24) is 4.90 Å². The van der Waals surface area contributed by atoms with Gasteiger partial charge in [-0.2, -0.15) is 0 Å². The molecule has 0 aromatic rings. The second-order valence-corrected chi connectivity index (χ2v) is 1.28. The van der Waals surface area contributed by atoms with Crippen molar-refractivity contribution in [2.45, 2.75) is 13.8 Å². The van der Waals surface area contributed by atoms with E-state index >= 15 is 0 Å². The van der Waals surface area contributed by atoms with Crippen LogP contribution in [0, 0.1) is 12.5 Å². The first-order valence-corrected chi connectivity index (χ1v) is 2.52. The Bertz CT molecular complexity index is 71.1. The van der Waals surface area contributed by atoms with Crippen molar-refractivity contribution in [1.29, 1.82) is 0 Å². The Morgan fingerprint density at radius 3 is 1.75 bits per heavy atom. The van der Waals surface area contributed by atoms with E-state index in [2.05, 4.69) is 6.04 Å². The normalized spacial score (nSPS) is 6.62. The average Bonchev–Trinajstić information content (AvgIpc) is 1.72. The molecule has 0 atom stereocenters. The zero-order valence-corrected chi connectivity index (χ0v) is 5.86. The van der Waals surface area contributed by atoms with Crippen molar-refractivity contribution in [3.8, 4) is 6.04 Å². The van der Waals surface area contributed by atoms with Gasteiger partial charge in [-0.25, -0.2) is 0 Å². The maximum atomic E-state index is 6.64. The van der Waals surface area contributed by atoms with Gasteiger partial charge in [0.1, 0.15) is 0 Å². The first-order valence-electron chi connectivity index (χ1n) is 2.52. The van der Waals surface area contributed by atoms with E-state index in [1.165, 1.54) is 0 Å². The quantitative estimate of drug-likeness (QED) is 0.167. The van der Waals surface area contributed by atoms with Gasteiger partial charge in [0.05, 0.1) is 0 Å². The third-order valence-corrected chi connectivity index (χ3v) is 0.922. The fourth-order valence-corrected chi connectivity index (χ4v) is 0.382. The Kier molecular flexibility index (Phi) is 9.44. The van der Waals surface area contributed by atoms with E-state index in [9.17, 15) is 0 Å².